The first kappa shape index (κ1) is 29.9. The Bertz CT molecular complexity index is 1700. The molecule has 240 valence electrons. The Hall–Kier alpha value is -3.50. The van der Waals surface area contributed by atoms with Crippen LogP contribution in [0.4, 0.5) is 11.4 Å². The van der Waals surface area contributed by atoms with Crippen LogP contribution in [0.1, 0.15) is 52.0 Å². The van der Waals surface area contributed by atoms with Gasteiger partial charge in [-0.15, -0.1) is 0 Å². The van der Waals surface area contributed by atoms with Gasteiger partial charge < -0.3 is 34.0 Å². The molecule has 3 saturated heterocycles. The molecule has 3 aromatic carbocycles. The van der Waals surface area contributed by atoms with Gasteiger partial charge in [-0.3, -0.25) is 4.79 Å². The average molecular weight is 665 g/mol. The highest BCUT2D eigenvalue weighted by molar-refractivity contribution is 6.40. The van der Waals surface area contributed by atoms with Crippen molar-refractivity contribution < 1.29 is 28.9 Å². The van der Waals surface area contributed by atoms with Gasteiger partial charge in [0.25, 0.3) is 5.91 Å². The van der Waals surface area contributed by atoms with E-state index < -0.39 is 5.97 Å². The molecule has 2 atom stereocenters. The number of carboxylic acids is 1. The number of aromatic carboxylic acids is 1. The molecule has 11 heteroatoms. The van der Waals surface area contributed by atoms with Gasteiger partial charge in [0.15, 0.2) is 6.73 Å². The third-order valence-electron chi connectivity index (χ3n) is 10.5. The number of ether oxygens (including phenoxy) is 3. The van der Waals surface area contributed by atoms with E-state index in [-0.39, 0.29) is 35.8 Å². The van der Waals surface area contributed by atoms with Crippen molar-refractivity contribution in [1.29, 1.82) is 0 Å². The summed E-state index contributed by atoms with van der Waals surface area (Å²) >= 11 is 13.4. The second-order valence-electron chi connectivity index (χ2n) is 13.3. The Morgan fingerprint density at radius 2 is 1.72 bits per heavy atom. The van der Waals surface area contributed by atoms with Crippen LogP contribution >= 0.6 is 23.2 Å². The largest absolute Gasteiger partial charge is 0.478 e. The molecule has 4 fully saturated rings. The molecule has 3 aromatic rings. The van der Waals surface area contributed by atoms with Gasteiger partial charge in [0.1, 0.15) is 5.75 Å². The van der Waals surface area contributed by atoms with Gasteiger partial charge in [-0.2, -0.15) is 0 Å². The van der Waals surface area contributed by atoms with Crippen LogP contribution in [0.3, 0.4) is 0 Å². The highest BCUT2D eigenvalue weighted by atomic mass is 35.5. The smallest absolute Gasteiger partial charge is 0.337 e. The number of carbonyl (C=O) groups excluding carboxylic acids is 1. The van der Waals surface area contributed by atoms with Crippen LogP contribution in [-0.4, -0.2) is 80.2 Å². The maximum atomic E-state index is 13.8. The molecule has 1 aliphatic carbocycles. The lowest BCUT2D eigenvalue weighted by Crippen LogP contribution is -2.64. The number of hydrogen-bond donors (Lipinski definition) is 1. The van der Waals surface area contributed by atoms with E-state index in [1.807, 2.05) is 42.5 Å². The van der Waals surface area contributed by atoms with Crippen LogP contribution in [0.15, 0.2) is 48.5 Å². The van der Waals surface area contributed by atoms with Crippen LogP contribution in [0.25, 0.3) is 11.1 Å². The van der Waals surface area contributed by atoms with E-state index in [1.54, 1.807) is 18.1 Å². The van der Waals surface area contributed by atoms with Crippen LogP contribution in [0, 0.1) is 5.41 Å². The standard InChI is InChI=1S/C35H35Cl2N3O6/c1-44-25-12-35(13-25)17-39(18-35)24-10-28(36)31(29(37)11-24)33(41)38-14-21-3-2-4-26(32(21)46-19-38)20-5-8-27(34(42)43)30(9-20)40-22-6-7-23(40)16-45-15-22/h2-5,8-11,22-23,25H,6-7,12-19H2,1H3,(H,42,43). The van der Waals surface area contributed by atoms with Crippen LogP contribution in [0.2, 0.25) is 10.0 Å². The second kappa shape index (κ2) is 11.3. The summed E-state index contributed by atoms with van der Waals surface area (Å²) < 4.78 is 17.5. The number of carbonyl (C=O) groups is 2. The molecule has 8 rings (SSSR count). The van der Waals surface area contributed by atoms with Crippen molar-refractivity contribution >= 4 is 46.5 Å². The highest BCUT2D eigenvalue weighted by Gasteiger charge is 2.52. The number of nitrogens with zero attached hydrogens (tertiary/aromatic N) is 3. The second-order valence-corrected chi connectivity index (χ2v) is 14.2. The van der Waals surface area contributed by atoms with Crippen molar-refractivity contribution in [2.45, 2.75) is 50.4 Å². The SMILES string of the molecule is COC1CC2(C1)CN(c1cc(Cl)c(C(=O)N3COc4c(cccc4-c4ccc(C(=O)O)c(N5C6CCC5COC6)c4)C3)c(Cl)c1)C2. The Labute approximate surface area is 277 Å². The first-order chi connectivity index (χ1) is 22.2. The lowest BCUT2D eigenvalue weighted by Gasteiger charge is -2.59. The lowest BCUT2D eigenvalue weighted by molar-refractivity contribution is -0.0731. The average Bonchev–Trinajstić information content (AvgIpc) is 3.25. The summed E-state index contributed by atoms with van der Waals surface area (Å²) in [5.74, 6) is -0.572. The van der Waals surface area contributed by atoms with E-state index in [1.165, 1.54) is 0 Å². The fraction of sp³-hybridized carbons (Fsp3) is 0.429. The van der Waals surface area contributed by atoms with Gasteiger partial charge in [-0.1, -0.05) is 47.5 Å². The third kappa shape index (κ3) is 4.91. The van der Waals surface area contributed by atoms with Crippen molar-refractivity contribution in [3.05, 3.63) is 75.3 Å². The van der Waals surface area contributed by atoms with Gasteiger partial charge in [0.2, 0.25) is 0 Å². The zero-order valence-corrected chi connectivity index (χ0v) is 27.0. The molecule has 1 spiro atoms. The molecule has 2 unspecified atom stereocenters. The Morgan fingerprint density at radius 1 is 1.00 bits per heavy atom. The number of fused-ring (bicyclic) bond motifs is 3. The quantitative estimate of drug-likeness (QED) is 0.327. The molecule has 5 aliphatic rings. The van der Waals surface area contributed by atoms with Crippen molar-refractivity contribution in [2.75, 3.05) is 49.9 Å². The predicted molar refractivity (Wildman–Crippen MR) is 175 cm³/mol. The molecule has 46 heavy (non-hydrogen) atoms. The number of morpholine rings is 1. The summed E-state index contributed by atoms with van der Waals surface area (Å²) in [6, 6.07) is 15.3. The van der Waals surface area contributed by atoms with Gasteiger partial charge in [0, 0.05) is 42.4 Å². The Balaban J connectivity index is 1.03. The zero-order chi connectivity index (χ0) is 31.7. The van der Waals surface area contributed by atoms with Crippen molar-refractivity contribution in [1.82, 2.24) is 4.90 Å². The van der Waals surface area contributed by atoms with E-state index in [4.69, 9.17) is 37.4 Å². The number of hydrogen-bond acceptors (Lipinski definition) is 7. The summed E-state index contributed by atoms with van der Waals surface area (Å²) in [5.41, 5.74) is 5.03. The number of amides is 1. The van der Waals surface area contributed by atoms with Crippen molar-refractivity contribution in [2.24, 2.45) is 5.41 Å². The van der Waals surface area contributed by atoms with E-state index in [0.717, 1.165) is 61.2 Å². The first-order valence-electron chi connectivity index (χ1n) is 15.8. The Kier molecular flexibility index (Phi) is 7.36. The zero-order valence-electron chi connectivity index (χ0n) is 25.5. The minimum absolute atomic E-state index is 0.0280. The summed E-state index contributed by atoms with van der Waals surface area (Å²) in [6.45, 7) is 3.40. The Morgan fingerprint density at radius 3 is 2.39 bits per heavy atom. The molecular formula is C35H35Cl2N3O6. The summed E-state index contributed by atoms with van der Waals surface area (Å²) in [4.78, 5) is 32.1. The fourth-order valence-electron chi connectivity index (χ4n) is 8.13. The molecule has 2 bridgehead atoms. The van der Waals surface area contributed by atoms with E-state index in [0.29, 0.717) is 52.8 Å². The van der Waals surface area contributed by atoms with E-state index in [9.17, 15) is 14.7 Å². The van der Waals surface area contributed by atoms with E-state index in [2.05, 4.69) is 9.80 Å². The molecule has 9 nitrogen and oxygen atoms in total. The van der Waals surface area contributed by atoms with E-state index >= 15 is 0 Å². The number of rotatable bonds is 6. The van der Waals surface area contributed by atoms with Gasteiger partial charge in [0.05, 0.1) is 64.8 Å². The van der Waals surface area contributed by atoms with Gasteiger partial charge in [-0.05, 0) is 55.5 Å². The molecule has 1 amide bonds. The minimum Gasteiger partial charge on any atom is -0.478 e. The summed E-state index contributed by atoms with van der Waals surface area (Å²) in [6.07, 6.45) is 4.45. The number of benzene rings is 3. The number of halogens is 2. The molecule has 4 heterocycles. The third-order valence-corrected chi connectivity index (χ3v) is 11.1. The lowest BCUT2D eigenvalue weighted by atomic mass is 9.61. The molecular weight excluding hydrogens is 629 g/mol. The maximum absolute atomic E-state index is 13.8. The molecule has 1 N–H and O–H groups in total. The first-order valence-corrected chi connectivity index (χ1v) is 16.5. The van der Waals surface area contributed by atoms with Gasteiger partial charge >= 0.3 is 5.97 Å². The fourth-order valence-corrected chi connectivity index (χ4v) is 8.77. The number of carboxylic acid groups (broad SMARTS) is 1. The molecule has 0 radical (unpaired) electrons. The van der Waals surface area contributed by atoms with Crippen LogP contribution in [0.5, 0.6) is 5.75 Å². The van der Waals surface area contributed by atoms with Crippen molar-refractivity contribution in [3.63, 3.8) is 0 Å². The minimum atomic E-state index is -0.953. The molecule has 0 aromatic heterocycles. The monoisotopic (exact) mass is 663 g/mol. The maximum Gasteiger partial charge on any atom is 0.337 e. The summed E-state index contributed by atoms with van der Waals surface area (Å²) in [7, 11) is 1.76. The van der Waals surface area contributed by atoms with Crippen LogP contribution in [-0.2, 0) is 16.0 Å². The predicted octanol–water partition coefficient (Wildman–Crippen LogP) is 6.33. The molecule has 1 saturated carbocycles. The normalized spacial score (nSPS) is 23.1. The topological polar surface area (TPSA) is 91.8 Å². The van der Waals surface area contributed by atoms with Crippen LogP contribution < -0.4 is 14.5 Å². The number of methoxy groups -OCH3 is 1. The molecule has 4 aliphatic heterocycles. The number of para-hydroxylation sites is 1. The summed E-state index contributed by atoms with van der Waals surface area (Å²) in [5, 5.41) is 10.7. The van der Waals surface area contributed by atoms with Gasteiger partial charge in [-0.25, -0.2) is 4.79 Å². The number of anilines is 2. The van der Waals surface area contributed by atoms with Crippen molar-refractivity contribution in [3.8, 4) is 16.9 Å². The highest BCUT2D eigenvalue weighted by Crippen LogP contribution is 2.51.